The lowest BCUT2D eigenvalue weighted by atomic mass is 10.0. The Hall–Kier alpha value is -2.03. The Kier molecular flexibility index (Phi) is 11.8. The fourth-order valence-corrected chi connectivity index (χ4v) is 4.11. The minimum atomic E-state index is 0.378. The summed E-state index contributed by atoms with van der Waals surface area (Å²) in [6.07, 6.45) is 5.53. The molecule has 0 atom stereocenters. The van der Waals surface area contributed by atoms with Crippen LogP contribution in [0.4, 0.5) is 5.69 Å². The molecule has 0 amide bonds. The highest BCUT2D eigenvalue weighted by atomic mass is 35.5. The summed E-state index contributed by atoms with van der Waals surface area (Å²) >= 11 is 6.32. The average Bonchev–Trinajstić information content (AvgIpc) is 2.80. The molecule has 8 nitrogen and oxygen atoms in total. The second-order valence-electron chi connectivity index (χ2n) is 8.68. The number of benzene rings is 1. The number of aliphatic imine (C=N–C) groups is 2. The Morgan fingerprint density at radius 3 is 2.58 bits per heavy atom. The number of anilines is 1. The van der Waals surface area contributed by atoms with E-state index in [2.05, 4.69) is 40.9 Å². The predicted octanol–water partition coefficient (Wildman–Crippen LogP) is 3.93. The normalized spacial score (nSPS) is 16.3. The van der Waals surface area contributed by atoms with Gasteiger partial charge in [0.1, 0.15) is 5.75 Å². The molecule has 1 fully saturated rings. The number of likely N-dealkylation sites (tertiary alicyclic amines) is 1. The lowest BCUT2D eigenvalue weighted by Gasteiger charge is -2.35. The molecule has 33 heavy (non-hydrogen) atoms. The maximum atomic E-state index is 6.44. The van der Waals surface area contributed by atoms with Gasteiger partial charge in [-0.1, -0.05) is 31.9 Å². The first kappa shape index (κ1) is 27.2. The molecule has 9 heteroatoms. The molecule has 2 rings (SSSR count). The van der Waals surface area contributed by atoms with Crippen molar-refractivity contribution in [1.82, 2.24) is 14.7 Å². The van der Waals surface area contributed by atoms with Crippen molar-refractivity contribution in [1.29, 1.82) is 0 Å². The molecule has 0 aliphatic carbocycles. The highest BCUT2D eigenvalue weighted by molar-refractivity contribution is 6.32. The van der Waals surface area contributed by atoms with Gasteiger partial charge in [-0.15, -0.1) is 0 Å². The third-order valence-corrected chi connectivity index (χ3v) is 6.31. The smallest absolute Gasteiger partial charge is 0.227 e. The number of hydrogen-bond donors (Lipinski definition) is 2. The van der Waals surface area contributed by atoms with Gasteiger partial charge in [-0.3, -0.25) is 4.90 Å². The summed E-state index contributed by atoms with van der Waals surface area (Å²) in [5.41, 5.74) is 7.23. The number of ether oxygens (including phenoxy) is 1. The molecule has 1 heterocycles. The Bertz CT molecular complexity index is 778. The van der Waals surface area contributed by atoms with Crippen LogP contribution in [0.3, 0.4) is 0 Å². The number of rotatable bonds is 10. The van der Waals surface area contributed by atoms with Crippen molar-refractivity contribution in [3.05, 3.63) is 23.2 Å². The topological polar surface area (TPSA) is 81.7 Å². The standard InChI is InChI=1S/C24H42ClN7O/c1-6-8-14-32(13-7-2)18-27-24(28-19-9-10-22(33-5)21(25)17-19)29-23(26)31(4)20-11-15-30(3)16-12-20/h9-10,17,20H,6-8,11-16,18H2,1-5H3,(H3,26,27,28,29). The van der Waals surface area contributed by atoms with Crippen LogP contribution < -0.4 is 15.8 Å². The van der Waals surface area contributed by atoms with Gasteiger partial charge in [-0.2, -0.15) is 4.99 Å². The summed E-state index contributed by atoms with van der Waals surface area (Å²) in [5, 5.41) is 3.83. The van der Waals surface area contributed by atoms with Crippen LogP contribution >= 0.6 is 11.6 Å². The maximum absolute atomic E-state index is 6.44. The van der Waals surface area contributed by atoms with Gasteiger partial charge in [0, 0.05) is 18.8 Å². The molecule has 186 valence electrons. The first-order valence-electron chi connectivity index (χ1n) is 12.0. The number of hydrogen-bond acceptors (Lipinski definition) is 4. The highest BCUT2D eigenvalue weighted by Gasteiger charge is 2.22. The third-order valence-electron chi connectivity index (χ3n) is 6.01. The second kappa shape index (κ2) is 14.3. The maximum Gasteiger partial charge on any atom is 0.227 e. The monoisotopic (exact) mass is 479 g/mol. The number of methoxy groups -OCH3 is 1. The van der Waals surface area contributed by atoms with Gasteiger partial charge < -0.3 is 25.6 Å². The van der Waals surface area contributed by atoms with Crippen LogP contribution in [-0.4, -0.2) is 86.7 Å². The summed E-state index contributed by atoms with van der Waals surface area (Å²) in [6.45, 7) is 9.11. The van der Waals surface area contributed by atoms with Crippen molar-refractivity contribution < 1.29 is 4.74 Å². The Morgan fingerprint density at radius 2 is 1.97 bits per heavy atom. The number of piperidine rings is 1. The summed E-state index contributed by atoms with van der Waals surface area (Å²) in [7, 11) is 5.77. The van der Waals surface area contributed by atoms with E-state index in [4.69, 9.17) is 32.1 Å². The van der Waals surface area contributed by atoms with Crippen molar-refractivity contribution in [3.63, 3.8) is 0 Å². The highest BCUT2D eigenvalue weighted by Crippen LogP contribution is 2.27. The van der Waals surface area contributed by atoms with Gasteiger partial charge in [0.05, 0.1) is 18.8 Å². The number of nitrogens with zero attached hydrogens (tertiary/aromatic N) is 5. The van der Waals surface area contributed by atoms with E-state index in [1.807, 2.05) is 25.2 Å². The van der Waals surface area contributed by atoms with Crippen molar-refractivity contribution in [2.45, 2.75) is 52.0 Å². The van der Waals surface area contributed by atoms with Crippen LogP contribution in [0, 0.1) is 0 Å². The Morgan fingerprint density at radius 1 is 1.24 bits per heavy atom. The van der Waals surface area contributed by atoms with E-state index in [0.29, 0.717) is 35.4 Å². The molecule has 0 bridgehead atoms. The van der Waals surface area contributed by atoms with Gasteiger partial charge in [0.2, 0.25) is 5.96 Å². The van der Waals surface area contributed by atoms with Crippen LogP contribution in [0.5, 0.6) is 5.75 Å². The zero-order valence-electron chi connectivity index (χ0n) is 21.0. The first-order chi connectivity index (χ1) is 15.9. The van der Waals surface area contributed by atoms with Crippen molar-refractivity contribution in [3.8, 4) is 5.75 Å². The summed E-state index contributed by atoms with van der Waals surface area (Å²) < 4.78 is 5.26. The van der Waals surface area contributed by atoms with Crippen LogP contribution in [0.15, 0.2) is 28.2 Å². The first-order valence-corrected chi connectivity index (χ1v) is 12.4. The molecule has 1 aromatic carbocycles. The van der Waals surface area contributed by atoms with E-state index in [1.54, 1.807) is 7.11 Å². The Labute approximate surface area is 204 Å². The molecule has 3 N–H and O–H groups in total. The molecule has 0 spiro atoms. The second-order valence-corrected chi connectivity index (χ2v) is 9.09. The summed E-state index contributed by atoms with van der Waals surface area (Å²) in [5.74, 6) is 1.57. The quantitative estimate of drug-likeness (QED) is 0.391. The van der Waals surface area contributed by atoms with E-state index in [1.165, 1.54) is 0 Å². The fraction of sp³-hybridized carbons (Fsp3) is 0.667. The number of guanidine groups is 2. The minimum absolute atomic E-state index is 0.378. The fourth-order valence-electron chi connectivity index (χ4n) is 3.85. The van der Waals surface area contributed by atoms with Crippen molar-refractivity contribution >= 4 is 29.2 Å². The largest absolute Gasteiger partial charge is 0.495 e. The SMILES string of the molecule is CCCCN(CCC)C/N=C(\N=C(/N)N(C)C1CCN(C)CC1)Nc1ccc(OC)c(Cl)c1. The van der Waals surface area contributed by atoms with E-state index < -0.39 is 0 Å². The molecule has 1 aromatic rings. The Balaban J connectivity index is 2.22. The van der Waals surface area contributed by atoms with Crippen LogP contribution in [0.25, 0.3) is 0 Å². The molecule has 1 aliphatic heterocycles. The van der Waals surface area contributed by atoms with E-state index >= 15 is 0 Å². The van der Waals surface area contributed by atoms with E-state index in [9.17, 15) is 0 Å². The molecule has 1 saturated heterocycles. The molecular weight excluding hydrogens is 438 g/mol. The molecule has 0 unspecified atom stereocenters. The van der Waals surface area contributed by atoms with Crippen LogP contribution in [0.1, 0.15) is 46.0 Å². The summed E-state index contributed by atoms with van der Waals surface area (Å²) in [4.78, 5) is 16.3. The summed E-state index contributed by atoms with van der Waals surface area (Å²) in [6, 6.07) is 5.91. The van der Waals surface area contributed by atoms with Gasteiger partial charge >= 0.3 is 0 Å². The molecule has 1 aliphatic rings. The predicted molar refractivity (Wildman–Crippen MR) is 141 cm³/mol. The van der Waals surface area contributed by atoms with Crippen LogP contribution in [0.2, 0.25) is 5.02 Å². The van der Waals surface area contributed by atoms with Crippen LogP contribution in [-0.2, 0) is 0 Å². The molecule has 0 radical (unpaired) electrons. The zero-order chi connectivity index (χ0) is 24.2. The molecular formula is C24H42ClN7O. The van der Waals surface area contributed by atoms with Gasteiger partial charge in [0.25, 0.3) is 0 Å². The lowest BCUT2D eigenvalue weighted by molar-refractivity contribution is 0.191. The number of halogens is 1. The van der Waals surface area contributed by atoms with Gasteiger partial charge in [-0.25, -0.2) is 4.99 Å². The lowest BCUT2D eigenvalue weighted by Crippen LogP contribution is -2.47. The number of unbranched alkanes of at least 4 members (excludes halogenated alkanes) is 1. The molecule has 0 aromatic heterocycles. The third kappa shape index (κ3) is 9.02. The van der Waals surface area contributed by atoms with E-state index in [-0.39, 0.29) is 0 Å². The zero-order valence-corrected chi connectivity index (χ0v) is 21.7. The van der Waals surface area contributed by atoms with Gasteiger partial charge in [-0.05, 0) is 77.1 Å². The van der Waals surface area contributed by atoms with Gasteiger partial charge in [0.15, 0.2) is 5.96 Å². The van der Waals surface area contributed by atoms with Crippen molar-refractivity contribution in [2.24, 2.45) is 15.7 Å². The minimum Gasteiger partial charge on any atom is -0.495 e. The number of nitrogens with one attached hydrogen (secondary N) is 1. The average molecular weight is 480 g/mol. The number of nitrogens with two attached hydrogens (primary N) is 1. The van der Waals surface area contributed by atoms with E-state index in [0.717, 1.165) is 64.0 Å². The van der Waals surface area contributed by atoms with Crippen molar-refractivity contribution in [2.75, 3.05) is 59.4 Å². The molecule has 0 saturated carbocycles.